The van der Waals surface area contributed by atoms with Crippen molar-refractivity contribution in [3.05, 3.63) is 42.1 Å². The predicted octanol–water partition coefficient (Wildman–Crippen LogP) is 3.36. The SMILES string of the molecule is CN(CCCc1cc(-c2ccccc2)n[nH]1)C(=O)CSc1nnnn1C1CCCC1. The Morgan fingerprint density at radius 2 is 2.07 bits per heavy atom. The molecule has 0 radical (unpaired) electrons. The molecule has 1 amide bonds. The average Bonchev–Trinajstić information content (AvgIpc) is 3.54. The van der Waals surface area contributed by atoms with Gasteiger partial charge in [-0.2, -0.15) is 5.10 Å². The standard InChI is InChI=1S/C21H27N7OS/c1-27(13-7-10-17-14-19(23-22-17)16-8-3-2-4-9-16)20(29)15-30-21-24-25-26-28(21)18-11-5-6-12-18/h2-4,8-9,14,18H,5-7,10-13,15H2,1H3,(H,22,23). The maximum Gasteiger partial charge on any atom is 0.232 e. The van der Waals surface area contributed by atoms with Gasteiger partial charge in [0.25, 0.3) is 0 Å². The van der Waals surface area contributed by atoms with Gasteiger partial charge in [-0.25, -0.2) is 4.68 Å². The number of thioether (sulfide) groups is 1. The number of carbonyl (C=O) groups excluding carboxylic acids is 1. The second-order valence-corrected chi connectivity index (χ2v) is 8.64. The van der Waals surface area contributed by atoms with Gasteiger partial charge in [-0.3, -0.25) is 9.89 Å². The van der Waals surface area contributed by atoms with E-state index >= 15 is 0 Å². The topological polar surface area (TPSA) is 92.6 Å². The van der Waals surface area contributed by atoms with Gasteiger partial charge in [0.15, 0.2) is 0 Å². The average molecular weight is 426 g/mol. The van der Waals surface area contributed by atoms with Crippen molar-refractivity contribution in [2.45, 2.75) is 49.7 Å². The molecule has 2 heterocycles. The number of rotatable bonds is 9. The van der Waals surface area contributed by atoms with E-state index in [1.54, 1.807) is 4.90 Å². The summed E-state index contributed by atoms with van der Waals surface area (Å²) in [6, 6.07) is 12.6. The van der Waals surface area contributed by atoms with Crippen LogP contribution in [0.25, 0.3) is 11.3 Å². The normalized spacial score (nSPS) is 14.3. The zero-order valence-corrected chi connectivity index (χ0v) is 18.0. The highest BCUT2D eigenvalue weighted by Crippen LogP contribution is 2.31. The molecule has 0 spiro atoms. The Bertz CT molecular complexity index is 949. The van der Waals surface area contributed by atoms with Crippen molar-refractivity contribution in [2.24, 2.45) is 0 Å². The number of aryl methyl sites for hydroxylation is 1. The van der Waals surface area contributed by atoms with Crippen molar-refractivity contribution < 1.29 is 4.79 Å². The molecule has 4 rings (SSSR count). The van der Waals surface area contributed by atoms with Crippen LogP contribution in [0.15, 0.2) is 41.6 Å². The van der Waals surface area contributed by atoms with Crippen LogP contribution < -0.4 is 0 Å². The number of nitrogens with one attached hydrogen (secondary N) is 1. The van der Waals surface area contributed by atoms with Gasteiger partial charge in [0.05, 0.1) is 17.5 Å². The van der Waals surface area contributed by atoms with E-state index in [1.165, 1.54) is 24.6 Å². The van der Waals surface area contributed by atoms with Crippen molar-refractivity contribution in [3.8, 4) is 11.3 Å². The van der Waals surface area contributed by atoms with Crippen LogP contribution in [0.3, 0.4) is 0 Å². The van der Waals surface area contributed by atoms with Crippen LogP contribution in [0, 0.1) is 0 Å². The van der Waals surface area contributed by atoms with Gasteiger partial charge in [0.2, 0.25) is 11.1 Å². The molecule has 9 heteroatoms. The Balaban J connectivity index is 1.21. The number of amides is 1. The van der Waals surface area contributed by atoms with Crippen LogP contribution in [0.2, 0.25) is 0 Å². The van der Waals surface area contributed by atoms with Crippen LogP contribution in [-0.4, -0.2) is 60.6 Å². The van der Waals surface area contributed by atoms with Gasteiger partial charge < -0.3 is 4.90 Å². The molecule has 0 unspecified atom stereocenters. The van der Waals surface area contributed by atoms with Gasteiger partial charge >= 0.3 is 0 Å². The summed E-state index contributed by atoms with van der Waals surface area (Å²) < 4.78 is 1.90. The molecule has 0 aliphatic heterocycles. The molecule has 1 N–H and O–H groups in total. The number of H-pyrrole nitrogens is 1. The first-order chi connectivity index (χ1) is 14.7. The minimum atomic E-state index is 0.0931. The van der Waals surface area contributed by atoms with E-state index < -0.39 is 0 Å². The lowest BCUT2D eigenvalue weighted by molar-refractivity contribution is -0.127. The first-order valence-electron chi connectivity index (χ1n) is 10.4. The lowest BCUT2D eigenvalue weighted by Gasteiger charge is -2.17. The number of hydrogen-bond donors (Lipinski definition) is 1. The molecule has 0 saturated heterocycles. The maximum absolute atomic E-state index is 12.5. The molecular weight excluding hydrogens is 398 g/mol. The Morgan fingerprint density at radius 1 is 1.27 bits per heavy atom. The van der Waals surface area contributed by atoms with Crippen LogP contribution >= 0.6 is 11.8 Å². The largest absolute Gasteiger partial charge is 0.345 e. The zero-order valence-electron chi connectivity index (χ0n) is 17.2. The summed E-state index contributed by atoms with van der Waals surface area (Å²) in [4.78, 5) is 14.3. The van der Waals surface area contributed by atoms with Gasteiger partial charge in [-0.05, 0) is 42.2 Å². The molecule has 1 aliphatic rings. The lowest BCUT2D eigenvalue weighted by Crippen LogP contribution is -2.29. The Morgan fingerprint density at radius 3 is 2.87 bits per heavy atom. The quantitative estimate of drug-likeness (QED) is 0.529. The summed E-state index contributed by atoms with van der Waals surface area (Å²) in [5.74, 6) is 0.446. The highest BCUT2D eigenvalue weighted by atomic mass is 32.2. The van der Waals surface area contributed by atoms with Crippen LogP contribution in [0.4, 0.5) is 0 Å². The van der Waals surface area contributed by atoms with E-state index in [9.17, 15) is 4.79 Å². The number of hydrogen-bond acceptors (Lipinski definition) is 6. The predicted molar refractivity (Wildman–Crippen MR) is 116 cm³/mol. The molecule has 1 saturated carbocycles. The third-order valence-electron chi connectivity index (χ3n) is 5.52. The van der Waals surface area contributed by atoms with Gasteiger partial charge in [0.1, 0.15) is 0 Å². The fraction of sp³-hybridized carbons (Fsp3) is 0.476. The molecule has 1 fully saturated rings. The number of carbonyl (C=O) groups is 1. The second-order valence-electron chi connectivity index (χ2n) is 7.70. The number of aromatic nitrogens is 6. The Hall–Kier alpha value is -2.68. The van der Waals surface area contributed by atoms with Crippen molar-refractivity contribution in [3.63, 3.8) is 0 Å². The molecule has 8 nitrogen and oxygen atoms in total. The summed E-state index contributed by atoms with van der Waals surface area (Å²) >= 11 is 1.43. The maximum atomic E-state index is 12.5. The minimum Gasteiger partial charge on any atom is -0.345 e. The van der Waals surface area contributed by atoms with E-state index in [0.29, 0.717) is 18.3 Å². The minimum absolute atomic E-state index is 0.0931. The second kappa shape index (κ2) is 9.88. The van der Waals surface area contributed by atoms with Gasteiger partial charge in [-0.15, -0.1) is 5.10 Å². The van der Waals surface area contributed by atoms with E-state index in [0.717, 1.165) is 47.8 Å². The molecular formula is C21H27N7OS. The molecule has 30 heavy (non-hydrogen) atoms. The number of aromatic amines is 1. The van der Waals surface area contributed by atoms with Crippen LogP contribution in [-0.2, 0) is 11.2 Å². The summed E-state index contributed by atoms with van der Waals surface area (Å²) in [7, 11) is 1.85. The van der Waals surface area contributed by atoms with Gasteiger partial charge in [-0.1, -0.05) is 54.9 Å². The molecule has 0 bridgehead atoms. The third kappa shape index (κ3) is 5.08. The van der Waals surface area contributed by atoms with Crippen LogP contribution in [0.1, 0.15) is 43.8 Å². The highest BCUT2D eigenvalue weighted by Gasteiger charge is 2.22. The van der Waals surface area contributed by atoms with Crippen molar-refractivity contribution in [1.29, 1.82) is 0 Å². The number of tetrazole rings is 1. The van der Waals surface area contributed by atoms with Crippen LogP contribution in [0.5, 0.6) is 0 Å². The van der Waals surface area contributed by atoms with E-state index in [4.69, 9.17) is 0 Å². The molecule has 3 aromatic rings. The molecule has 0 atom stereocenters. The summed E-state index contributed by atoms with van der Waals surface area (Å²) in [5, 5.41) is 20.3. The summed E-state index contributed by atoms with van der Waals surface area (Å²) in [6.45, 7) is 0.701. The molecule has 1 aromatic carbocycles. The first-order valence-corrected chi connectivity index (χ1v) is 11.4. The van der Waals surface area contributed by atoms with Gasteiger partial charge in [0, 0.05) is 24.8 Å². The Kier molecular flexibility index (Phi) is 6.78. The lowest BCUT2D eigenvalue weighted by atomic mass is 10.1. The fourth-order valence-electron chi connectivity index (χ4n) is 3.77. The fourth-order valence-corrected chi connectivity index (χ4v) is 4.66. The summed E-state index contributed by atoms with van der Waals surface area (Å²) in [6.07, 6.45) is 6.41. The Labute approximate surface area is 180 Å². The van der Waals surface area contributed by atoms with E-state index in [-0.39, 0.29) is 5.91 Å². The highest BCUT2D eigenvalue weighted by molar-refractivity contribution is 7.99. The number of nitrogens with zero attached hydrogens (tertiary/aromatic N) is 6. The smallest absolute Gasteiger partial charge is 0.232 e. The van der Waals surface area contributed by atoms with E-state index in [2.05, 4.69) is 31.8 Å². The number of benzene rings is 1. The molecule has 1 aliphatic carbocycles. The van der Waals surface area contributed by atoms with Crippen molar-refractivity contribution in [1.82, 2.24) is 35.3 Å². The summed E-state index contributed by atoms with van der Waals surface area (Å²) in [5.41, 5.74) is 3.13. The molecule has 158 valence electrons. The van der Waals surface area contributed by atoms with Crippen molar-refractivity contribution in [2.75, 3.05) is 19.3 Å². The molecule has 2 aromatic heterocycles. The van der Waals surface area contributed by atoms with E-state index in [1.807, 2.05) is 42.1 Å². The van der Waals surface area contributed by atoms with Crippen molar-refractivity contribution >= 4 is 17.7 Å². The first kappa shape index (κ1) is 20.6. The zero-order chi connectivity index (χ0) is 20.8. The third-order valence-corrected chi connectivity index (χ3v) is 6.44. The monoisotopic (exact) mass is 425 g/mol.